The van der Waals surface area contributed by atoms with Gasteiger partial charge < -0.3 is 10.2 Å². The van der Waals surface area contributed by atoms with E-state index in [4.69, 9.17) is 0 Å². The molecule has 8 heteroatoms. The second-order valence-electron chi connectivity index (χ2n) is 6.13. The van der Waals surface area contributed by atoms with Crippen LogP contribution in [0.1, 0.15) is 11.1 Å². The molecule has 0 aliphatic carbocycles. The van der Waals surface area contributed by atoms with Crippen molar-refractivity contribution in [1.82, 2.24) is 4.90 Å². The molecule has 2 amide bonds. The molecule has 0 bridgehead atoms. The van der Waals surface area contributed by atoms with Crippen LogP contribution in [0, 0.1) is 24.0 Å². The largest absolute Gasteiger partial charge is 0.336 e. The molecule has 0 heterocycles. The van der Waals surface area contributed by atoms with Crippen LogP contribution in [0.15, 0.2) is 47.4 Å². The minimum atomic E-state index is -0.478. The summed E-state index contributed by atoms with van der Waals surface area (Å²) in [6.07, 6.45) is 0. The predicted molar refractivity (Wildman–Crippen MR) is 106 cm³/mol. The maximum Gasteiger partial charge on any atom is 0.282 e. The van der Waals surface area contributed by atoms with Gasteiger partial charge in [-0.25, -0.2) is 0 Å². The van der Waals surface area contributed by atoms with Gasteiger partial charge in [0.15, 0.2) is 0 Å². The predicted octanol–water partition coefficient (Wildman–Crippen LogP) is 3.40. The summed E-state index contributed by atoms with van der Waals surface area (Å²) in [4.78, 5) is 36.7. The molecule has 142 valence electrons. The first-order chi connectivity index (χ1) is 12.8. The lowest BCUT2D eigenvalue weighted by atomic mass is 10.1. The maximum absolute atomic E-state index is 12.3. The van der Waals surface area contributed by atoms with E-state index in [-0.39, 0.29) is 29.8 Å². The zero-order chi connectivity index (χ0) is 20.0. The minimum Gasteiger partial charge on any atom is -0.336 e. The number of thioether (sulfide) groups is 1. The fraction of sp³-hybridized carbons (Fsp3) is 0.263. The van der Waals surface area contributed by atoms with Crippen molar-refractivity contribution >= 4 is 35.0 Å². The van der Waals surface area contributed by atoms with Crippen molar-refractivity contribution in [2.75, 3.05) is 24.7 Å². The number of nitrogens with one attached hydrogen (secondary N) is 1. The van der Waals surface area contributed by atoms with Crippen LogP contribution in [0.25, 0.3) is 0 Å². The first kappa shape index (κ1) is 20.4. The summed E-state index contributed by atoms with van der Waals surface area (Å²) >= 11 is 1.08. The Hall–Kier alpha value is -2.87. The first-order valence-corrected chi connectivity index (χ1v) is 9.23. The number of amides is 2. The molecule has 0 fully saturated rings. The molecule has 0 radical (unpaired) electrons. The third kappa shape index (κ3) is 5.82. The van der Waals surface area contributed by atoms with Crippen LogP contribution in [-0.2, 0) is 9.59 Å². The third-order valence-electron chi connectivity index (χ3n) is 3.89. The smallest absolute Gasteiger partial charge is 0.282 e. The number of carbonyl (C=O) groups excluding carboxylic acids is 2. The molecule has 27 heavy (non-hydrogen) atoms. The molecule has 0 saturated heterocycles. The average Bonchev–Trinajstić information content (AvgIpc) is 2.62. The van der Waals surface area contributed by atoms with Crippen molar-refractivity contribution < 1.29 is 14.5 Å². The third-order valence-corrected chi connectivity index (χ3v) is 4.93. The summed E-state index contributed by atoms with van der Waals surface area (Å²) in [6, 6.07) is 12.0. The van der Waals surface area contributed by atoms with E-state index >= 15 is 0 Å². The van der Waals surface area contributed by atoms with Crippen LogP contribution in [0.4, 0.5) is 11.4 Å². The zero-order valence-corrected chi connectivity index (χ0v) is 16.2. The van der Waals surface area contributed by atoms with Crippen molar-refractivity contribution in [3.63, 3.8) is 0 Å². The number of hydrogen-bond acceptors (Lipinski definition) is 5. The number of nitro groups is 1. The highest BCUT2D eigenvalue weighted by Crippen LogP contribution is 2.28. The summed E-state index contributed by atoms with van der Waals surface area (Å²) in [7, 11) is 1.53. The average molecular weight is 387 g/mol. The number of nitro benzene ring substituents is 1. The number of anilines is 1. The van der Waals surface area contributed by atoms with Gasteiger partial charge in [-0.15, -0.1) is 11.8 Å². The van der Waals surface area contributed by atoms with Gasteiger partial charge in [0, 0.05) is 18.8 Å². The van der Waals surface area contributed by atoms with Crippen LogP contribution in [0.3, 0.4) is 0 Å². The Morgan fingerprint density at radius 3 is 2.59 bits per heavy atom. The standard InChI is InChI=1S/C19H21N3O4S/c1-13-8-9-14(2)15(10-13)20-18(23)11-21(3)19(24)12-27-17-7-5-4-6-16(17)22(25)26/h4-10H,11-12H2,1-3H3,(H,20,23). The van der Waals surface area contributed by atoms with E-state index in [1.165, 1.54) is 18.0 Å². The molecule has 2 rings (SSSR count). The highest BCUT2D eigenvalue weighted by atomic mass is 32.2. The lowest BCUT2D eigenvalue weighted by Gasteiger charge is -2.17. The molecular formula is C19H21N3O4S. The quantitative estimate of drug-likeness (QED) is 0.446. The second-order valence-corrected chi connectivity index (χ2v) is 7.15. The lowest BCUT2D eigenvalue weighted by Crippen LogP contribution is -2.36. The van der Waals surface area contributed by atoms with Gasteiger partial charge >= 0.3 is 0 Å². The molecule has 0 atom stereocenters. The van der Waals surface area contributed by atoms with Crippen molar-refractivity contribution in [2.24, 2.45) is 0 Å². The molecule has 2 aromatic rings. The topological polar surface area (TPSA) is 92.6 Å². The van der Waals surface area contributed by atoms with Gasteiger partial charge in [-0.3, -0.25) is 19.7 Å². The minimum absolute atomic E-state index is 0.0120. The Balaban J connectivity index is 1.91. The number of carbonyl (C=O) groups is 2. The van der Waals surface area contributed by atoms with Crippen LogP contribution < -0.4 is 5.32 Å². The summed E-state index contributed by atoms with van der Waals surface area (Å²) in [5, 5.41) is 13.8. The van der Waals surface area contributed by atoms with E-state index in [0.29, 0.717) is 4.90 Å². The van der Waals surface area contributed by atoms with Crippen molar-refractivity contribution in [2.45, 2.75) is 18.7 Å². The van der Waals surface area contributed by atoms with Gasteiger partial charge in [0.05, 0.1) is 22.1 Å². The van der Waals surface area contributed by atoms with Gasteiger partial charge in [-0.1, -0.05) is 24.3 Å². The number of likely N-dealkylation sites (N-methyl/N-ethyl adjacent to an activating group) is 1. The summed E-state index contributed by atoms with van der Waals surface area (Å²) in [5.74, 6) is -0.567. The molecule has 1 N–H and O–H groups in total. The van der Waals surface area contributed by atoms with Crippen molar-refractivity contribution in [3.8, 4) is 0 Å². The van der Waals surface area contributed by atoms with Crippen LogP contribution in [0.2, 0.25) is 0 Å². The molecule has 0 aromatic heterocycles. The van der Waals surface area contributed by atoms with Gasteiger partial charge in [-0.05, 0) is 37.1 Å². The highest BCUT2D eigenvalue weighted by Gasteiger charge is 2.17. The Morgan fingerprint density at radius 1 is 1.19 bits per heavy atom. The number of aryl methyl sites for hydroxylation is 2. The van der Waals surface area contributed by atoms with E-state index in [2.05, 4.69) is 5.32 Å². The summed E-state index contributed by atoms with van der Waals surface area (Å²) < 4.78 is 0. The highest BCUT2D eigenvalue weighted by molar-refractivity contribution is 8.00. The Labute approximate surface area is 161 Å². The van der Waals surface area contributed by atoms with E-state index in [0.717, 1.165) is 28.6 Å². The summed E-state index contributed by atoms with van der Waals surface area (Å²) in [5.41, 5.74) is 2.65. The lowest BCUT2D eigenvalue weighted by molar-refractivity contribution is -0.387. The number of rotatable bonds is 7. The number of para-hydroxylation sites is 1. The number of benzene rings is 2. The second kappa shape index (κ2) is 9.18. The SMILES string of the molecule is Cc1ccc(C)c(NC(=O)CN(C)C(=O)CSc2ccccc2[N+](=O)[O-])c1. The van der Waals surface area contributed by atoms with Crippen LogP contribution in [0.5, 0.6) is 0 Å². The molecule has 0 aliphatic heterocycles. The Morgan fingerprint density at radius 2 is 1.89 bits per heavy atom. The summed E-state index contributed by atoms with van der Waals surface area (Å²) in [6.45, 7) is 3.74. The van der Waals surface area contributed by atoms with Crippen molar-refractivity contribution in [1.29, 1.82) is 0 Å². The fourth-order valence-corrected chi connectivity index (χ4v) is 3.31. The normalized spacial score (nSPS) is 10.3. The number of nitrogens with zero attached hydrogens (tertiary/aromatic N) is 2. The maximum atomic E-state index is 12.3. The monoisotopic (exact) mass is 387 g/mol. The van der Waals surface area contributed by atoms with E-state index in [1.807, 2.05) is 32.0 Å². The Kier molecular flexibility index (Phi) is 6.95. The fourth-order valence-electron chi connectivity index (χ4n) is 2.34. The van der Waals surface area contributed by atoms with E-state index in [9.17, 15) is 19.7 Å². The Bertz CT molecular complexity index is 870. The van der Waals surface area contributed by atoms with Gasteiger partial charge in [0.1, 0.15) is 0 Å². The molecule has 0 spiro atoms. The number of hydrogen-bond donors (Lipinski definition) is 1. The molecule has 2 aromatic carbocycles. The molecule has 0 unspecified atom stereocenters. The molecule has 7 nitrogen and oxygen atoms in total. The van der Waals surface area contributed by atoms with E-state index < -0.39 is 4.92 Å². The first-order valence-electron chi connectivity index (χ1n) is 8.25. The van der Waals surface area contributed by atoms with Gasteiger partial charge in [0.25, 0.3) is 5.69 Å². The van der Waals surface area contributed by atoms with Crippen molar-refractivity contribution in [3.05, 3.63) is 63.7 Å². The van der Waals surface area contributed by atoms with Gasteiger partial charge in [-0.2, -0.15) is 0 Å². The zero-order valence-electron chi connectivity index (χ0n) is 15.4. The van der Waals surface area contributed by atoms with Crippen LogP contribution >= 0.6 is 11.8 Å². The molecular weight excluding hydrogens is 366 g/mol. The van der Waals surface area contributed by atoms with E-state index in [1.54, 1.807) is 18.2 Å². The van der Waals surface area contributed by atoms with Crippen LogP contribution in [-0.4, -0.2) is 41.0 Å². The van der Waals surface area contributed by atoms with Gasteiger partial charge in [0.2, 0.25) is 11.8 Å². The molecule has 0 aliphatic rings. The molecule has 0 saturated carbocycles.